The third-order valence-corrected chi connectivity index (χ3v) is 2.82. The van der Waals surface area contributed by atoms with Crippen LogP contribution >= 0.6 is 0 Å². The molecule has 14 heavy (non-hydrogen) atoms. The van der Waals surface area contributed by atoms with E-state index >= 15 is 0 Å². The van der Waals surface area contributed by atoms with E-state index in [-0.39, 0.29) is 12.4 Å². The van der Waals surface area contributed by atoms with Gasteiger partial charge >= 0.3 is 0 Å². The van der Waals surface area contributed by atoms with Crippen molar-refractivity contribution in [1.82, 2.24) is 20.4 Å². The van der Waals surface area contributed by atoms with Crippen molar-refractivity contribution in [3.63, 3.8) is 0 Å². The topological polar surface area (TPSA) is 30.5 Å². The Kier molecular flexibility index (Phi) is 5.74. The number of nitrogens with zero attached hydrogens (tertiary/aromatic N) is 2. The molecule has 4 nitrogen and oxygen atoms in total. The summed E-state index contributed by atoms with van der Waals surface area (Å²) in [6.07, 6.45) is 0. The number of hydrogen-bond donors (Lipinski definition) is 2. The standard InChI is InChI=1S/C9H20N4.ClH/c1-5-12(6-2-10-1)9-13-7-3-11-4-8-13;/h10-11H,1-9H2;1H/p-1. The molecule has 0 aromatic heterocycles. The minimum atomic E-state index is 0. The van der Waals surface area contributed by atoms with E-state index < -0.39 is 0 Å². The van der Waals surface area contributed by atoms with Crippen molar-refractivity contribution in [3.8, 4) is 0 Å². The van der Waals surface area contributed by atoms with Gasteiger partial charge in [-0.3, -0.25) is 9.80 Å². The Morgan fingerprint density at radius 3 is 1.43 bits per heavy atom. The summed E-state index contributed by atoms with van der Waals surface area (Å²) in [7, 11) is 0. The highest BCUT2D eigenvalue weighted by molar-refractivity contribution is 4.71. The first-order valence-corrected chi connectivity index (χ1v) is 5.31. The molecule has 2 heterocycles. The van der Waals surface area contributed by atoms with Crippen molar-refractivity contribution < 1.29 is 12.4 Å². The van der Waals surface area contributed by atoms with Gasteiger partial charge in [0.1, 0.15) is 0 Å². The fourth-order valence-corrected chi connectivity index (χ4v) is 1.99. The zero-order chi connectivity index (χ0) is 8.93. The summed E-state index contributed by atoms with van der Waals surface area (Å²) in [6.45, 7) is 10.7. The van der Waals surface area contributed by atoms with E-state index in [9.17, 15) is 0 Å². The van der Waals surface area contributed by atoms with Crippen molar-refractivity contribution in [1.29, 1.82) is 0 Å². The highest BCUT2D eigenvalue weighted by Crippen LogP contribution is 1.97. The lowest BCUT2D eigenvalue weighted by atomic mass is 10.3. The summed E-state index contributed by atoms with van der Waals surface area (Å²) >= 11 is 0. The van der Waals surface area contributed by atoms with E-state index in [1.807, 2.05) is 0 Å². The normalized spacial score (nSPS) is 25.7. The van der Waals surface area contributed by atoms with E-state index in [2.05, 4.69) is 20.4 Å². The summed E-state index contributed by atoms with van der Waals surface area (Å²) in [5.41, 5.74) is 0. The van der Waals surface area contributed by atoms with Crippen LogP contribution in [0.15, 0.2) is 0 Å². The van der Waals surface area contributed by atoms with E-state index in [0.717, 1.165) is 26.2 Å². The minimum absolute atomic E-state index is 0. The smallest absolute Gasteiger partial charge is 0.0508 e. The molecule has 0 aliphatic carbocycles. The van der Waals surface area contributed by atoms with Gasteiger partial charge in [0.05, 0.1) is 6.67 Å². The SMILES string of the molecule is C1CN(CN2CCNCC2)CCN1.[Cl-]. The predicted octanol–water partition coefficient (Wildman–Crippen LogP) is -4.24. The quantitative estimate of drug-likeness (QED) is 0.493. The van der Waals surface area contributed by atoms with Crippen molar-refractivity contribution >= 4 is 0 Å². The Hall–Kier alpha value is 0.130. The highest BCUT2D eigenvalue weighted by atomic mass is 35.5. The van der Waals surface area contributed by atoms with Crippen LogP contribution in [0.5, 0.6) is 0 Å². The summed E-state index contributed by atoms with van der Waals surface area (Å²) in [4.78, 5) is 5.09. The van der Waals surface area contributed by atoms with Crippen LogP contribution in [-0.2, 0) is 0 Å². The monoisotopic (exact) mass is 219 g/mol. The number of nitrogens with one attached hydrogen (secondary N) is 2. The Labute approximate surface area is 92.4 Å². The molecule has 0 unspecified atom stereocenters. The molecule has 0 amide bonds. The van der Waals surface area contributed by atoms with E-state index in [4.69, 9.17) is 0 Å². The molecule has 5 heteroatoms. The molecule has 2 aliphatic heterocycles. The molecule has 2 fully saturated rings. The molecule has 0 radical (unpaired) electrons. The third kappa shape index (κ3) is 3.71. The number of hydrogen-bond acceptors (Lipinski definition) is 4. The highest BCUT2D eigenvalue weighted by Gasteiger charge is 2.15. The van der Waals surface area contributed by atoms with Crippen LogP contribution in [0.3, 0.4) is 0 Å². The van der Waals surface area contributed by atoms with Crippen LogP contribution < -0.4 is 23.0 Å². The maximum Gasteiger partial charge on any atom is 0.0508 e. The fourth-order valence-electron chi connectivity index (χ4n) is 1.99. The predicted molar refractivity (Wildman–Crippen MR) is 53.8 cm³/mol. The Morgan fingerprint density at radius 2 is 1.07 bits per heavy atom. The van der Waals surface area contributed by atoms with Crippen LogP contribution in [0.4, 0.5) is 0 Å². The van der Waals surface area contributed by atoms with Gasteiger partial charge in [0.25, 0.3) is 0 Å². The number of piperazine rings is 2. The molecule has 2 N–H and O–H groups in total. The zero-order valence-corrected chi connectivity index (χ0v) is 9.39. The Balaban J connectivity index is 0.000000980. The lowest BCUT2D eigenvalue weighted by Gasteiger charge is -2.35. The first-order valence-electron chi connectivity index (χ1n) is 5.31. The third-order valence-electron chi connectivity index (χ3n) is 2.82. The van der Waals surface area contributed by atoms with Crippen molar-refractivity contribution in [3.05, 3.63) is 0 Å². The van der Waals surface area contributed by atoms with E-state index in [0.29, 0.717) is 0 Å². The molecular weight excluding hydrogens is 200 g/mol. The second-order valence-electron chi connectivity index (χ2n) is 3.88. The average Bonchev–Trinajstić information content (AvgIpc) is 2.21. The van der Waals surface area contributed by atoms with Gasteiger partial charge in [-0.05, 0) is 0 Å². The largest absolute Gasteiger partial charge is 1.00 e. The molecule has 2 rings (SSSR count). The molecule has 0 atom stereocenters. The Bertz CT molecular complexity index is 128. The van der Waals surface area contributed by atoms with Gasteiger partial charge in [-0.15, -0.1) is 0 Å². The van der Waals surface area contributed by atoms with E-state index in [1.54, 1.807) is 0 Å². The molecular formula is C9H20ClN4-. The van der Waals surface area contributed by atoms with E-state index in [1.165, 1.54) is 32.8 Å². The Morgan fingerprint density at radius 1 is 0.714 bits per heavy atom. The summed E-state index contributed by atoms with van der Waals surface area (Å²) in [5.74, 6) is 0. The molecule has 0 spiro atoms. The molecule has 2 aliphatic rings. The van der Waals surface area contributed by atoms with Crippen LogP contribution in [0, 0.1) is 0 Å². The maximum atomic E-state index is 3.38. The summed E-state index contributed by atoms with van der Waals surface area (Å²) in [6, 6.07) is 0. The van der Waals surface area contributed by atoms with Gasteiger partial charge in [0.2, 0.25) is 0 Å². The second-order valence-corrected chi connectivity index (χ2v) is 3.88. The summed E-state index contributed by atoms with van der Waals surface area (Å²) < 4.78 is 0. The molecule has 84 valence electrons. The minimum Gasteiger partial charge on any atom is -1.00 e. The van der Waals surface area contributed by atoms with Crippen LogP contribution in [0.25, 0.3) is 0 Å². The maximum absolute atomic E-state index is 3.38. The summed E-state index contributed by atoms with van der Waals surface area (Å²) in [5, 5.41) is 6.76. The molecule has 0 saturated carbocycles. The van der Waals surface area contributed by atoms with Gasteiger partial charge < -0.3 is 23.0 Å². The van der Waals surface area contributed by atoms with Crippen molar-refractivity contribution in [2.45, 2.75) is 0 Å². The second kappa shape index (κ2) is 6.58. The van der Waals surface area contributed by atoms with Crippen molar-refractivity contribution in [2.75, 3.05) is 59.0 Å². The van der Waals surface area contributed by atoms with Crippen LogP contribution in [0.2, 0.25) is 0 Å². The van der Waals surface area contributed by atoms with Crippen LogP contribution in [-0.4, -0.2) is 68.8 Å². The van der Waals surface area contributed by atoms with Gasteiger partial charge in [0.15, 0.2) is 0 Å². The lowest BCUT2D eigenvalue weighted by molar-refractivity contribution is -0.00000282. The number of rotatable bonds is 2. The fraction of sp³-hybridized carbons (Fsp3) is 1.00. The molecule has 0 bridgehead atoms. The van der Waals surface area contributed by atoms with Gasteiger partial charge in [0, 0.05) is 52.4 Å². The van der Waals surface area contributed by atoms with Crippen molar-refractivity contribution in [2.24, 2.45) is 0 Å². The zero-order valence-electron chi connectivity index (χ0n) is 8.64. The molecule has 0 aromatic carbocycles. The lowest BCUT2D eigenvalue weighted by Crippen LogP contribution is -3.00. The molecule has 2 saturated heterocycles. The first-order chi connectivity index (χ1) is 6.45. The van der Waals surface area contributed by atoms with Gasteiger partial charge in [-0.25, -0.2) is 0 Å². The van der Waals surface area contributed by atoms with Gasteiger partial charge in [-0.1, -0.05) is 0 Å². The molecule has 0 aromatic rings. The number of halogens is 1. The first kappa shape index (κ1) is 12.2. The van der Waals surface area contributed by atoms with Gasteiger partial charge in [-0.2, -0.15) is 0 Å². The van der Waals surface area contributed by atoms with Crippen LogP contribution in [0.1, 0.15) is 0 Å². The average molecular weight is 220 g/mol.